The first kappa shape index (κ1) is 12.5. The number of rotatable bonds is 3. The second-order valence-corrected chi connectivity index (χ2v) is 2.62. The van der Waals surface area contributed by atoms with Crippen molar-refractivity contribution in [3.05, 3.63) is 29.0 Å². The SMILES string of the molecule is Cl.NCCOc1cc(F)ccc1Cl. The fraction of sp³-hybridized carbons (Fsp3) is 0.250. The fourth-order valence-electron chi connectivity index (χ4n) is 0.757. The normalized spacial score (nSPS) is 9.15. The minimum Gasteiger partial charge on any atom is -0.491 e. The van der Waals surface area contributed by atoms with E-state index >= 15 is 0 Å². The lowest BCUT2D eigenvalue weighted by atomic mass is 10.3. The number of nitrogens with two attached hydrogens (primary N) is 1. The highest BCUT2D eigenvalue weighted by atomic mass is 35.5. The van der Waals surface area contributed by atoms with Gasteiger partial charge in [-0.2, -0.15) is 0 Å². The molecular weight excluding hydrogens is 216 g/mol. The minimum absolute atomic E-state index is 0. The molecule has 0 aliphatic carbocycles. The molecule has 1 rings (SSSR count). The zero-order chi connectivity index (χ0) is 8.97. The van der Waals surface area contributed by atoms with Gasteiger partial charge in [0, 0.05) is 12.6 Å². The van der Waals surface area contributed by atoms with Crippen molar-refractivity contribution in [2.24, 2.45) is 5.73 Å². The highest BCUT2D eigenvalue weighted by molar-refractivity contribution is 6.32. The van der Waals surface area contributed by atoms with Crippen molar-refractivity contribution in [1.29, 1.82) is 0 Å². The van der Waals surface area contributed by atoms with Gasteiger partial charge in [0.1, 0.15) is 18.2 Å². The first-order valence-electron chi connectivity index (χ1n) is 3.52. The predicted molar refractivity (Wildman–Crippen MR) is 53.2 cm³/mol. The summed E-state index contributed by atoms with van der Waals surface area (Å²) in [4.78, 5) is 0. The second kappa shape index (κ2) is 6.02. The molecule has 0 atom stereocenters. The van der Waals surface area contributed by atoms with Crippen LogP contribution in [0.1, 0.15) is 0 Å². The van der Waals surface area contributed by atoms with Crippen LogP contribution < -0.4 is 10.5 Å². The molecule has 0 aromatic heterocycles. The lowest BCUT2D eigenvalue weighted by Gasteiger charge is -2.05. The van der Waals surface area contributed by atoms with Gasteiger partial charge in [0.15, 0.2) is 0 Å². The molecule has 0 saturated carbocycles. The van der Waals surface area contributed by atoms with Gasteiger partial charge in [0.2, 0.25) is 0 Å². The van der Waals surface area contributed by atoms with E-state index in [1.54, 1.807) is 0 Å². The Morgan fingerprint density at radius 3 is 2.77 bits per heavy atom. The molecule has 0 spiro atoms. The average Bonchev–Trinajstić information content (AvgIpc) is 2.07. The van der Waals surface area contributed by atoms with Crippen molar-refractivity contribution >= 4 is 24.0 Å². The Labute approximate surface area is 87.2 Å². The predicted octanol–water partition coefficient (Wildman–Crippen LogP) is 2.24. The molecule has 0 aliphatic heterocycles. The topological polar surface area (TPSA) is 35.2 Å². The third kappa shape index (κ3) is 3.81. The molecule has 2 N–H and O–H groups in total. The van der Waals surface area contributed by atoms with E-state index in [4.69, 9.17) is 22.1 Å². The van der Waals surface area contributed by atoms with E-state index < -0.39 is 0 Å². The Kier molecular flexibility index (Phi) is 5.79. The Morgan fingerprint density at radius 1 is 1.46 bits per heavy atom. The van der Waals surface area contributed by atoms with E-state index in [9.17, 15) is 4.39 Å². The maximum Gasteiger partial charge on any atom is 0.140 e. The van der Waals surface area contributed by atoms with Crippen LogP contribution in [0.15, 0.2) is 18.2 Å². The molecule has 0 unspecified atom stereocenters. The summed E-state index contributed by atoms with van der Waals surface area (Å²) in [6, 6.07) is 3.96. The molecule has 1 aromatic rings. The molecule has 0 radical (unpaired) electrons. The van der Waals surface area contributed by atoms with Crippen LogP contribution in [0, 0.1) is 5.82 Å². The van der Waals surface area contributed by atoms with Gasteiger partial charge in [-0.15, -0.1) is 12.4 Å². The van der Waals surface area contributed by atoms with Gasteiger partial charge in [0.25, 0.3) is 0 Å². The van der Waals surface area contributed by atoms with E-state index in [-0.39, 0.29) is 18.2 Å². The second-order valence-electron chi connectivity index (χ2n) is 2.21. The van der Waals surface area contributed by atoms with Crippen LogP contribution >= 0.6 is 24.0 Å². The average molecular weight is 226 g/mol. The van der Waals surface area contributed by atoms with Crippen molar-refractivity contribution in [3.63, 3.8) is 0 Å². The van der Waals surface area contributed by atoms with E-state index in [1.807, 2.05) is 0 Å². The maximum absolute atomic E-state index is 12.6. The van der Waals surface area contributed by atoms with Gasteiger partial charge in [-0.05, 0) is 12.1 Å². The molecular formula is C8H10Cl2FNO. The largest absolute Gasteiger partial charge is 0.491 e. The van der Waals surface area contributed by atoms with E-state index in [0.717, 1.165) is 0 Å². The Morgan fingerprint density at radius 2 is 2.15 bits per heavy atom. The lowest BCUT2D eigenvalue weighted by molar-refractivity contribution is 0.326. The van der Waals surface area contributed by atoms with Crippen molar-refractivity contribution in [2.45, 2.75) is 0 Å². The minimum atomic E-state index is -0.369. The number of halogens is 3. The molecule has 5 heteroatoms. The Bertz CT molecular complexity index is 270. The molecule has 0 bridgehead atoms. The van der Waals surface area contributed by atoms with Crippen molar-refractivity contribution in [2.75, 3.05) is 13.2 Å². The van der Waals surface area contributed by atoms with Gasteiger partial charge in [-0.3, -0.25) is 0 Å². The first-order chi connectivity index (χ1) is 5.74. The van der Waals surface area contributed by atoms with Gasteiger partial charge in [-0.1, -0.05) is 11.6 Å². The monoisotopic (exact) mass is 225 g/mol. The summed E-state index contributed by atoms with van der Waals surface area (Å²) < 4.78 is 17.7. The van der Waals surface area contributed by atoms with Crippen LogP contribution in [0.5, 0.6) is 5.75 Å². The number of ether oxygens (including phenoxy) is 1. The standard InChI is InChI=1S/C8H9ClFNO.ClH/c9-7-2-1-6(10)5-8(7)12-4-3-11;/h1-2,5H,3-4,11H2;1H. The zero-order valence-electron chi connectivity index (χ0n) is 6.80. The third-order valence-electron chi connectivity index (χ3n) is 1.27. The maximum atomic E-state index is 12.6. The Hall–Kier alpha value is -0.510. The zero-order valence-corrected chi connectivity index (χ0v) is 8.37. The van der Waals surface area contributed by atoms with Crippen LogP contribution in [0.4, 0.5) is 4.39 Å². The highest BCUT2D eigenvalue weighted by Crippen LogP contribution is 2.24. The number of hydrogen-bond donors (Lipinski definition) is 1. The summed E-state index contributed by atoms with van der Waals surface area (Å²) in [5, 5.41) is 0.393. The van der Waals surface area contributed by atoms with E-state index in [1.165, 1.54) is 18.2 Å². The van der Waals surface area contributed by atoms with Crippen LogP contribution in [0.2, 0.25) is 5.02 Å². The molecule has 0 heterocycles. The van der Waals surface area contributed by atoms with Crippen molar-refractivity contribution in [3.8, 4) is 5.75 Å². The lowest BCUT2D eigenvalue weighted by Crippen LogP contribution is -2.10. The summed E-state index contributed by atoms with van der Waals surface area (Å²) in [5.41, 5.74) is 5.20. The van der Waals surface area contributed by atoms with Crippen LogP contribution in [0.25, 0.3) is 0 Å². The highest BCUT2D eigenvalue weighted by Gasteiger charge is 2.01. The van der Waals surface area contributed by atoms with Crippen molar-refractivity contribution < 1.29 is 9.13 Å². The molecule has 1 aromatic carbocycles. The molecule has 0 saturated heterocycles. The molecule has 0 aliphatic rings. The van der Waals surface area contributed by atoms with Crippen molar-refractivity contribution in [1.82, 2.24) is 0 Å². The summed E-state index contributed by atoms with van der Waals surface area (Å²) in [5.74, 6) is -0.0338. The summed E-state index contributed by atoms with van der Waals surface area (Å²) >= 11 is 5.70. The van der Waals surface area contributed by atoms with Crippen LogP contribution in [-0.4, -0.2) is 13.2 Å². The third-order valence-corrected chi connectivity index (χ3v) is 1.58. The molecule has 74 valence electrons. The summed E-state index contributed by atoms with van der Waals surface area (Å²) in [6.45, 7) is 0.718. The first-order valence-corrected chi connectivity index (χ1v) is 3.90. The van der Waals surface area contributed by atoms with Crippen LogP contribution in [-0.2, 0) is 0 Å². The van der Waals surface area contributed by atoms with Crippen LogP contribution in [0.3, 0.4) is 0 Å². The molecule has 2 nitrogen and oxygen atoms in total. The number of benzene rings is 1. The summed E-state index contributed by atoms with van der Waals surface area (Å²) in [6.07, 6.45) is 0. The van der Waals surface area contributed by atoms with E-state index in [0.29, 0.717) is 23.9 Å². The smallest absolute Gasteiger partial charge is 0.140 e. The summed E-state index contributed by atoms with van der Waals surface area (Å²) in [7, 11) is 0. The van der Waals surface area contributed by atoms with Gasteiger partial charge < -0.3 is 10.5 Å². The quantitative estimate of drug-likeness (QED) is 0.857. The number of hydrogen-bond acceptors (Lipinski definition) is 2. The molecule has 13 heavy (non-hydrogen) atoms. The fourth-order valence-corrected chi connectivity index (χ4v) is 0.929. The molecule has 0 amide bonds. The van der Waals surface area contributed by atoms with Gasteiger partial charge >= 0.3 is 0 Å². The van der Waals surface area contributed by atoms with Gasteiger partial charge in [0.05, 0.1) is 5.02 Å². The molecule has 0 fully saturated rings. The Balaban J connectivity index is 0.00000144. The van der Waals surface area contributed by atoms with Gasteiger partial charge in [-0.25, -0.2) is 4.39 Å². The van der Waals surface area contributed by atoms with E-state index in [2.05, 4.69) is 0 Å².